The van der Waals surface area contributed by atoms with Crippen LogP contribution >= 0.6 is 0 Å². The number of hydrogen-bond acceptors (Lipinski definition) is 6. The Morgan fingerprint density at radius 3 is 2.35 bits per heavy atom. The van der Waals surface area contributed by atoms with Crippen molar-refractivity contribution in [3.8, 4) is 17.0 Å². The molecule has 7 nitrogen and oxygen atoms in total. The van der Waals surface area contributed by atoms with E-state index < -0.39 is 10.0 Å². The minimum atomic E-state index is -3.67. The van der Waals surface area contributed by atoms with Crippen LogP contribution in [-0.2, 0) is 10.0 Å². The van der Waals surface area contributed by atoms with Crippen LogP contribution in [-0.4, -0.2) is 56.0 Å². The Balaban J connectivity index is 1.50. The molecule has 0 saturated carbocycles. The average molecular weight is 443 g/mol. The molecule has 1 fully saturated rings. The van der Waals surface area contributed by atoms with Crippen LogP contribution in [0.15, 0.2) is 59.8 Å². The van der Waals surface area contributed by atoms with Crippen LogP contribution in [0.3, 0.4) is 0 Å². The van der Waals surface area contributed by atoms with Gasteiger partial charge in [-0.1, -0.05) is 6.07 Å². The molecule has 4 rings (SSSR count). The predicted molar refractivity (Wildman–Crippen MR) is 116 cm³/mol. The first-order valence-electron chi connectivity index (χ1n) is 9.86. The van der Waals surface area contributed by atoms with Gasteiger partial charge in [0.25, 0.3) is 0 Å². The van der Waals surface area contributed by atoms with Gasteiger partial charge >= 0.3 is 0 Å². The van der Waals surface area contributed by atoms with E-state index >= 15 is 0 Å². The largest absolute Gasteiger partial charge is 0.495 e. The molecule has 1 aromatic heterocycles. The maximum Gasteiger partial charge on any atom is 0.246 e. The molecular weight excluding hydrogens is 419 g/mol. The number of aryl methyl sites for hydroxylation is 1. The van der Waals surface area contributed by atoms with Crippen molar-refractivity contribution in [3.63, 3.8) is 0 Å². The number of sulfonamides is 1. The van der Waals surface area contributed by atoms with E-state index in [9.17, 15) is 12.8 Å². The number of methoxy groups -OCH3 is 1. The highest BCUT2D eigenvalue weighted by atomic mass is 32.2. The van der Waals surface area contributed by atoms with Crippen LogP contribution in [0.4, 0.5) is 10.2 Å². The summed E-state index contributed by atoms with van der Waals surface area (Å²) in [5.41, 5.74) is 2.41. The lowest BCUT2D eigenvalue weighted by atomic mass is 10.1. The molecule has 0 amide bonds. The second-order valence-corrected chi connectivity index (χ2v) is 9.22. The van der Waals surface area contributed by atoms with Gasteiger partial charge in [-0.15, -0.1) is 0 Å². The molecule has 0 bridgehead atoms. The summed E-state index contributed by atoms with van der Waals surface area (Å²) in [5.74, 6) is 0.752. The summed E-state index contributed by atoms with van der Waals surface area (Å²) >= 11 is 0. The SMILES string of the molecule is COc1cc(C)ccc1S(=O)(=O)N1CCN(c2cc(-c3ccc(F)cc3)ncn2)CC1. The van der Waals surface area contributed by atoms with E-state index in [1.807, 2.05) is 17.9 Å². The van der Waals surface area contributed by atoms with E-state index in [0.29, 0.717) is 43.4 Å². The van der Waals surface area contributed by atoms with Crippen molar-refractivity contribution >= 4 is 15.8 Å². The van der Waals surface area contributed by atoms with E-state index in [1.54, 1.807) is 30.3 Å². The van der Waals surface area contributed by atoms with Crippen molar-refractivity contribution in [3.05, 3.63) is 66.2 Å². The number of piperazine rings is 1. The highest BCUT2D eigenvalue weighted by Gasteiger charge is 2.31. The number of anilines is 1. The van der Waals surface area contributed by atoms with E-state index in [2.05, 4.69) is 9.97 Å². The summed E-state index contributed by atoms with van der Waals surface area (Å²) in [6.07, 6.45) is 1.47. The van der Waals surface area contributed by atoms with Gasteiger partial charge < -0.3 is 9.64 Å². The fourth-order valence-corrected chi connectivity index (χ4v) is 5.14. The van der Waals surface area contributed by atoms with Crippen LogP contribution < -0.4 is 9.64 Å². The molecular formula is C22H23FN4O3S. The molecule has 3 aromatic rings. The van der Waals surface area contributed by atoms with Crippen molar-refractivity contribution in [2.75, 3.05) is 38.2 Å². The summed E-state index contributed by atoms with van der Waals surface area (Å²) in [4.78, 5) is 10.8. The molecule has 31 heavy (non-hydrogen) atoms. The smallest absolute Gasteiger partial charge is 0.246 e. The molecule has 0 unspecified atom stereocenters. The standard InChI is InChI=1S/C22H23FN4O3S/c1-16-3-8-21(20(13-16)30-2)31(28,29)27-11-9-26(10-12-27)22-14-19(24-15-25-22)17-4-6-18(23)7-5-17/h3-8,13-15H,9-12H2,1-2H3. The Morgan fingerprint density at radius 1 is 0.968 bits per heavy atom. The molecule has 9 heteroatoms. The van der Waals surface area contributed by atoms with Gasteiger partial charge in [0.05, 0.1) is 12.8 Å². The molecule has 0 spiro atoms. The first-order chi connectivity index (χ1) is 14.9. The lowest BCUT2D eigenvalue weighted by molar-refractivity contribution is 0.373. The number of nitrogens with zero attached hydrogens (tertiary/aromatic N) is 4. The van der Waals surface area contributed by atoms with Crippen molar-refractivity contribution in [2.24, 2.45) is 0 Å². The number of rotatable bonds is 5. The third-order valence-corrected chi connectivity index (χ3v) is 7.23. The Morgan fingerprint density at radius 2 is 1.68 bits per heavy atom. The highest BCUT2D eigenvalue weighted by molar-refractivity contribution is 7.89. The zero-order valence-electron chi connectivity index (χ0n) is 17.3. The quantitative estimate of drug-likeness (QED) is 0.604. The van der Waals surface area contributed by atoms with Gasteiger partial charge in [-0.3, -0.25) is 0 Å². The van der Waals surface area contributed by atoms with Gasteiger partial charge in [-0.2, -0.15) is 4.31 Å². The van der Waals surface area contributed by atoms with Crippen LogP contribution in [0.1, 0.15) is 5.56 Å². The number of ether oxygens (including phenoxy) is 1. The molecule has 0 radical (unpaired) electrons. The lowest BCUT2D eigenvalue weighted by Gasteiger charge is -2.34. The summed E-state index contributed by atoms with van der Waals surface area (Å²) in [7, 11) is -2.20. The highest BCUT2D eigenvalue weighted by Crippen LogP contribution is 2.29. The minimum absolute atomic E-state index is 0.176. The third kappa shape index (κ3) is 4.38. The first kappa shape index (κ1) is 21.2. The van der Waals surface area contributed by atoms with E-state index in [1.165, 1.54) is 29.9 Å². The maximum atomic E-state index is 13.2. The molecule has 0 N–H and O–H groups in total. The predicted octanol–water partition coefficient (Wildman–Crippen LogP) is 3.11. The fraction of sp³-hybridized carbons (Fsp3) is 0.273. The molecule has 162 valence electrons. The molecule has 1 saturated heterocycles. The number of hydrogen-bond donors (Lipinski definition) is 0. The zero-order chi connectivity index (χ0) is 22.0. The molecule has 2 aromatic carbocycles. The normalized spacial score (nSPS) is 15.1. The van der Waals surface area contributed by atoms with Gasteiger partial charge in [0.1, 0.15) is 28.6 Å². The zero-order valence-corrected chi connectivity index (χ0v) is 18.1. The Hall–Kier alpha value is -3.04. The van der Waals surface area contributed by atoms with Gasteiger partial charge in [0.2, 0.25) is 10.0 Å². The van der Waals surface area contributed by atoms with Gasteiger partial charge in [-0.25, -0.2) is 22.8 Å². The van der Waals surface area contributed by atoms with Crippen LogP contribution in [0.2, 0.25) is 0 Å². The summed E-state index contributed by atoms with van der Waals surface area (Å²) in [6, 6.07) is 13.0. The molecule has 0 atom stereocenters. The summed E-state index contributed by atoms with van der Waals surface area (Å²) in [6.45, 7) is 3.53. The van der Waals surface area contributed by atoms with Crippen LogP contribution in [0, 0.1) is 12.7 Å². The molecule has 1 aliphatic heterocycles. The minimum Gasteiger partial charge on any atom is -0.495 e. The molecule has 0 aliphatic carbocycles. The number of aromatic nitrogens is 2. The molecule has 2 heterocycles. The second-order valence-electron chi connectivity index (χ2n) is 7.31. The second kappa shape index (κ2) is 8.60. The van der Waals surface area contributed by atoms with E-state index in [-0.39, 0.29) is 10.7 Å². The van der Waals surface area contributed by atoms with Crippen LogP contribution in [0.25, 0.3) is 11.3 Å². The number of halogens is 1. The topological polar surface area (TPSA) is 75.6 Å². The van der Waals surface area contributed by atoms with Gasteiger partial charge in [0, 0.05) is 37.8 Å². The Kier molecular flexibility index (Phi) is 5.88. The monoisotopic (exact) mass is 442 g/mol. The van der Waals surface area contributed by atoms with E-state index in [4.69, 9.17) is 4.74 Å². The maximum absolute atomic E-state index is 13.2. The van der Waals surface area contributed by atoms with Crippen LogP contribution in [0.5, 0.6) is 5.75 Å². The van der Waals surface area contributed by atoms with E-state index in [0.717, 1.165) is 11.1 Å². The van der Waals surface area contributed by atoms with Crippen molar-refractivity contribution in [2.45, 2.75) is 11.8 Å². The Labute approximate surface area is 181 Å². The lowest BCUT2D eigenvalue weighted by Crippen LogP contribution is -2.49. The van der Waals surface area contributed by atoms with Crippen molar-refractivity contribution < 1.29 is 17.5 Å². The third-order valence-electron chi connectivity index (χ3n) is 5.29. The summed E-state index contributed by atoms with van der Waals surface area (Å²) < 4.78 is 46.3. The average Bonchev–Trinajstić information content (AvgIpc) is 2.79. The van der Waals surface area contributed by atoms with Crippen molar-refractivity contribution in [1.82, 2.24) is 14.3 Å². The van der Waals surface area contributed by atoms with Gasteiger partial charge in [-0.05, 0) is 48.9 Å². The molecule has 1 aliphatic rings. The Bertz CT molecular complexity index is 1180. The van der Waals surface area contributed by atoms with Crippen molar-refractivity contribution in [1.29, 1.82) is 0 Å². The van der Waals surface area contributed by atoms with Gasteiger partial charge in [0.15, 0.2) is 0 Å². The first-order valence-corrected chi connectivity index (χ1v) is 11.3. The summed E-state index contributed by atoms with van der Waals surface area (Å²) in [5, 5.41) is 0. The number of benzene rings is 2. The fourth-order valence-electron chi connectivity index (χ4n) is 3.58.